The number of hydrogen-bond acceptors (Lipinski definition) is 3. The maximum absolute atomic E-state index is 12.1. The number of halogens is 1. The minimum absolute atomic E-state index is 0.0104. The van der Waals surface area contributed by atoms with Crippen molar-refractivity contribution in [1.82, 2.24) is 24.5 Å². The average molecular weight is 326 g/mol. The van der Waals surface area contributed by atoms with Gasteiger partial charge in [-0.2, -0.15) is 10.2 Å². The molecule has 0 unspecified atom stereocenters. The number of carbonyl (C=O) groups is 1. The molecular weight excluding hydrogens is 310 g/mol. The molecule has 7 heteroatoms. The van der Waals surface area contributed by atoms with E-state index in [0.717, 1.165) is 15.9 Å². The van der Waals surface area contributed by atoms with E-state index in [-0.39, 0.29) is 12.5 Å². The second-order valence-electron chi connectivity index (χ2n) is 4.46. The minimum atomic E-state index is 0.0104. The third-order valence-corrected chi connectivity index (χ3v) is 3.71. The van der Waals surface area contributed by atoms with Crippen molar-refractivity contribution in [1.29, 1.82) is 0 Å². The Morgan fingerprint density at radius 1 is 1.53 bits per heavy atom. The lowest BCUT2D eigenvalue weighted by molar-refractivity contribution is -0.131. The molecule has 0 saturated carbocycles. The van der Waals surface area contributed by atoms with Crippen molar-refractivity contribution in [2.45, 2.75) is 20.0 Å². The van der Waals surface area contributed by atoms with Crippen LogP contribution in [0, 0.1) is 6.92 Å². The molecule has 0 fully saturated rings. The normalized spacial score (nSPS) is 10.7. The molecule has 0 aliphatic heterocycles. The van der Waals surface area contributed by atoms with Crippen molar-refractivity contribution in [3.05, 3.63) is 34.3 Å². The molecule has 0 N–H and O–H groups in total. The van der Waals surface area contributed by atoms with Crippen molar-refractivity contribution in [2.75, 3.05) is 7.05 Å². The smallest absolute Gasteiger partial charge is 0.244 e. The fourth-order valence-corrected chi connectivity index (χ4v) is 2.04. The quantitative estimate of drug-likeness (QED) is 0.852. The van der Waals surface area contributed by atoms with Crippen LogP contribution in [0.3, 0.4) is 0 Å². The molecule has 0 aliphatic carbocycles. The Morgan fingerprint density at radius 3 is 2.79 bits per heavy atom. The standard InChI is InChI=1S/C12H16BrN5O/c1-9-11(13)7-18(15-9)8-12(19)16(2)6-10-4-5-14-17(10)3/h4-5,7H,6,8H2,1-3H3. The number of likely N-dealkylation sites (N-methyl/N-ethyl adjacent to an activating group) is 1. The van der Waals surface area contributed by atoms with E-state index in [0.29, 0.717) is 6.54 Å². The number of rotatable bonds is 4. The minimum Gasteiger partial charge on any atom is -0.338 e. The van der Waals surface area contributed by atoms with E-state index in [9.17, 15) is 4.79 Å². The Balaban J connectivity index is 1.98. The van der Waals surface area contributed by atoms with Crippen molar-refractivity contribution in [2.24, 2.45) is 7.05 Å². The second-order valence-corrected chi connectivity index (χ2v) is 5.31. The third kappa shape index (κ3) is 3.23. The topological polar surface area (TPSA) is 56.0 Å². The first-order valence-electron chi connectivity index (χ1n) is 5.87. The first kappa shape index (κ1) is 13.8. The Morgan fingerprint density at radius 2 is 2.26 bits per heavy atom. The summed E-state index contributed by atoms with van der Waals surface area (Å²) in [6, 6.07) is 1.90. The summed E-state index contributed by atoms with van der Waals surface area (Å²) in [4.78, 5) is 13.8. The summed E-state index contributed by atoms with van der Waals surface area (Å²) in [5.74, 6) is 0.0104. The van der Waals surface area contributed by atoms with Crippen LogP contribution in [0.5, 0.6) is 0 Å². The van der Waals surface area contributed by atoms with Gasteiger partial charge in [-0.3, -0.25) is 14.2 Å². The summed E-state index contributed by atoms with van der Waals surface area (Å²) in [6.45, 7) is 2.67. The second kappa shape index (κ2) is 5.56. The number of hydrogen-bond donors (Lipinski definition) is 0. The molecule has 0 radical (unpaired) electrons. The zero-order valence-electron chi connectivity index (χ0n) is 11.2. The summed E-state index contributed by atoms with van der Waals surface area (Å²) in [6.07, 6.45) is 3.53. The van der Waals surface area contributed by atoms with E-state index in [2.05, 4.69) is 26.1 Å². The fourth-order valence-electron chi connectivity index (χ4n) is 1.72. The molecule has 2 aromatic rings. The van der Waals surface area contributed by atoms with E-state index >= 15 is 0 Å². The predicted octanol–water partition coefficient (Wildman–Crippen LogP) is 1.35. The monoisotopic (exact) mass is 325 g/mol. The van der Waals surface area contributed by atoms with Gasteiger partial charge in [0, 0.05) is 26.5 Å². The van der Waals surface area contributed by atoms with Gasteiger partial charge in [0.2, 0.25) is 5.91 Å². The van der Waals surface area contributed by atoms with Crippen molar-refractivity contribution >= 4 is 21.8 Å². The van der Waals surface area contributed by atoms with Gasteiger partial charge in [0.05, 0.1) is 22.4 Å². The van der Waals surface area contributed by atoms with Gasteiger partial charge in [-0.15, -0.1) is 0 Å². The predicted molar refractivity (Wildman–Crippen MR) is 74.3 cm³/mol. The first-order valence-corrected chi connectivity index (χ1v) is 6.67. The highest BCUT2D eigenvalue weighted by molar-refractivity contribution is 9.10. The Labute approximate surface area is 120 Å². The van der Waals surface area contributed by atoms with E-state index in [1.54, 1.807) is 27.5 Å². The average Bonchev–Trinajstić information content (AvgIpc) is 2.87. The number of carbonyl (C=O) groups excluding carboxylic acids is 1. The molecule has 19 heavy (non-hydrogen) atoms. The lowest BCUT2D eigenvalue weighted by Crippen LogP contribution is -2.30. The van der Waals surface area contributed by atoms with Gasteiger partial charge in [-0.1, -0.05) is 0 Å². The summed E-state index contributed by atoms with van der Waals surface area (Å²) >= 11 is 3.38. The van der Waals surface area contributed by atoms with Crippen molar-refractivity contribution in [3.63, 3.8) is 0 Å². The fraction of sp³-hybridized carbons (Fsp3) is 0.417. The summed E-state index contributed by atoms with van der Waals surface area (Å²) in [5, 5.41) is 8.33. The number of aryl methyl sites for hydroxylation is 2. The van der Waals surface area contributed by atoms with Crippen LogP contribution in [-0.2, 0) is 24.9 Å². The largest absolute Gasteiger partial charge is 0.338 e. The van der Waals surface area contributed by atoms with Gasteiger partial charge in [0.1, 0.15) is 6.54 Å². The number of nitrogens with zero attached hydrogens (tertiary/aromatic N) is 5. The van der Waals surface area contributed by atoms with Gasteiger partial charge in [-0.05, 0) is 28.9 Å². The molecule has 0 bridgehead atoms. The van der Waals surface area contributed by atoms with E-state index < -0.39 is 0 Å². The van der Waals surface area contributed by atoms with Gasteiger partial charge >= 0.3 is 0 Å². The third-order valence-electron chi connectivity index (χ3n) is 2.93. The van der Waals surface area contributed by atoms with Gasteiger partial charge in [-0.25, -0.2) is 0 Å². The molecule has 0 spiro atoms. The lowest BCUT2D eigenvalue weighted by Gasteiger charge is -2.17. The van der Waals surface area contributed by atoms with Crippen LogP contribution >= 0.6 is 15.9 Å². The highest BCUT2D eigenvalue weighted by Gasteiger charge is 2.13. The summed E-state index contributed by atoms with van der Waals surface area (Å²) in [5.41, 5.74) is 1.87. The molecular formula is C12H16BrN5O. The van der Waals surface area contributed by atoms with Gasteiger partial charge in [0.15, 0.2) is 0 Å². The van der Waals surface area contributed by atoms with Crippen LogP contribution in [0.1, 0.15) is 11.4 Å². The molecule has 0 atom stereocenters. The van der Waals surface area contributed by atoms with E-state index in [1.165, 1.54) is 0 Å². The molecule has 2 heterocycles. The van der Waals surface area contributed by atoms with Crippen molar-refractivity contribution < 1.29 is 4.79 Å². The molecule has 0 saturated heterocycles. The van der Waals surface area contributed by atoms with Crippen LogP contribution in [0.25, 0.3) is 0 Å². The molecule has 2 aromatic heterocycles. The maximum atomic E-state index is 12.1. The Kier molecular flexibility index (Phi) is 4.04. The van der Waals surface area contributed by atoms with Crippen LogP contribution in [-0.4, -0.2) is 37.4 Å². The highest BCUT2D eigenvalue weighted by Crippen LogP contribution is 2.13. The number of amides is 1. The van der Waals surface area contributed by atoms with E-state index in [1.807, 2.05) is 26.2 Å². The summed E-state index contributed by atoms with van der Waals surface area (Å²) < 4.78 is 4.31. The lowest BCUT2D eigenvalue weighted by atomic mass is 10.4. The van der Waals surface area contributed by atoms with Crippen LogP contribution in [0.4, 0.5) is 0 Å². The Hall–Kier alpha value is -1.63. The van der Waals surface area contributed by atoms with Crippen LogP contribution in [0.2, 0.25) is 0 Å². The molecule has 0 aromatic carbocycles. The van der Waals surface area contributed by atoms with Crippen LogP contribution in [0.15, 0.2) is 22.9 Å². The molecule has 6 nitrogen and oxygen atoms in total. The maximum Gasteiger partial charge on any atom is 0.244 e. The Bertz CT molecular complexity index is 569. The van der Waals surface area contributed by atoms with Crippen LogP contribution < -0.4 is 0 Å². The summed E-state index contributed by atoms with van der Waals surface area (Å²) in [7, 11) is 3.64. The molecule has 0 aliphatic rings. The zero-order chi connectivity index (χ0) is 14.0. The first-order chi connectivity index (χ1) is 8.97. The molecule has 2 rings (SSSR count). The SMILES string of the molecule is Cc1nn(CC(=O)N(C)Cc2ccnn2C)cc1Br. The van der Waals surface area contributed by atoms with Crippen molar-refractivity contribution in [3.8, 4) is 0 Å². The van der Waals surface area contributed by atoms with Gasteiger partial charge < -0.3 is 4.90 Å². The molecule has 102 valence electrons. The van der Waals surface area contributed by atoms with E-state index in [4.69, 9.17) is 0 Å². The zero-order valence-corrected chi connectivity index (χ0v) is 12.8. The van der Waals surface area contributed by atoms with Gasteiger partial charge in [0.25, 0.3) is 0 Å². The number of aromatic nitrogens is 4. The molecule has 1 amide bonds. The highest BCUT2D eigenvalue weighted by atomic mass is 79.9.